The van der Waals surface area contributed by atoms with Crippen LogP contribution in [0.5, 0.6) is 5.75 Å². The highest BCUT2D eigenvalue weighted by molar-refractivity contribution is 5.64. The van der Waals surface area contributed by atoms with Gasteiger partial charge in [-0.1, -0.05) is 24.3 Å². The molecule has 2 atom stereocenters. The molecule has 0 radical (unpaired) electrons. The van der Waals surface area contributed by atoms with Crippen molar-refractivity contribution >= 4 is 17.3 Å². The standard InChI is InChI=1S/C24H28N6O2/c1-32-22-13-25-9-6-19(22)28-23-12-24(27-16-26-23)30-11-8-20(21(31)15-30)29-10-7-17-4-2-3-5-18(17)14-29/h2-6,9,12-13,16,20-21,31H,7-8,10-11,14-15H2,1H3,(H,25,26,27,28)/t20-,21-/m1/s1. The lowest BCUT2D eigenvalue weighted by Gasteiger charge is -2.43. The van der Waals surface area contributed by atoms with Gasteiger partial charge in [0.25, 0.3) is 0 Å². The van der Waals surface area contributed by atoms with Crippen LogP contribution < -0.4 is 15.0 Å². The zero-order valence-electron chi connectivity index (χ0n) is 18.2. The predicted molar refractivity (Wildman–Crippen MR) is 123 cm³/mol. The number of pyridine rings is 1. The molecule has 5 rings (SSSR count). The number of aromatic nitrogens is 3. The number of nitrogens with one attached hydrogen (secondary N) is 1. The van der Waals surface area contributed by atoms with Crippen LogP contribution in [-0.4, -0.2) is 63.8 Å². The summed E-state index contributed by atoms with van der Waals surface area (Å²) in [5, 5.41) is 14.3. The number of hydrogen-bond acceptors (Lipinski definition) is 8. The fourth-order valence-corrected chi connectivity index (χ4v) is 4.73. The molecule has 8 nitrogen and oxygen atoms in total. The number of ether oxygens (including phenoxy) is 1. The lowest BCUT2D eigenvalue weighted by atomic mass is 9.94. The molecule has 1 aromatic carbocycles. The molecule has 3 aromatic rings. The average molecular weight is 433 g/mol. The highest BCUT2D eigenvalue weighted by Crippen LogP contribution is 2.29. The Morgan fingerprint density at radius 2 is 2.00 bits per heavy atom. The second kappa shape index (κ2) is 9.10. The van der Waals surface area contributed by atoms with Crippen LogP contribution in [0.3, 0.4) is 0 Å². The van der Waals surface area contributed by atoms with E-state index in [1.807, 2.05) is 12.1 Å². The van der Waals surface area contributed by atoms with Crippen molar-refractivity contribution in [2.45, 2.75) is 31.5 Å². The second-order valence-electron chi connectivity index (χ2n) is 8.32. The van der Waals surface area contributed by atoms with Crippen LogP contribution in [0.25, 0.3) is 0 Å². The van der Waals surface area contributed by atoms with Gasteiger partial charge < -0.3 is 20.1 Å². The Kier molecular flexibility index (Phi) is 5.87. The Bertz CT molecular complexity index is 1080. The monoisotopic (exact) mass is 432 g/mol. The number of aliphatic hydroxyl groups excluding tert-OH is 1. The maximum atomic E-state index is 11.0. The van der Waals surface area contributed by atoms with E-state index in [4.69, 9.17) is 4.74 Å². The molecule has 0 amide bonds. The first-order valence-corrected chi connectivity index (χ1v) is 11.0. The molecule has 0 unspecified atom stereocenters. The van der Waals surface area contributed by atoms with Gasteiger partial charge in [0.15, 0.2) is 5.75 Å². The first-order chi connectivity index (χ1) is 15.7. The highest BCUT2D eigenvalue weighted by atomic mass is 16.5. The van der Waals surface area contributed by atoms with Crippen LogP contribution in [0.1, 0.15) is 17.5 Å². The molecular weight excluding hydrogens is 404 g/mol. The molecule has 2 aliphatic heterocycles. The van der Waals surface area contributed by atoms with Crippen LogP contribution >= 0.6 is 0 Å². The lowest BCUT2D eigenvalue weighted by Crippen LogP contribution is -2.55. The second-order valence-corrected chi connectivity index (χ2v) is 8.32. The van der Waals surface area contributed by atoms with E-state index in [9.17, 15) is 5.11 Å². The predicted octanol–water partition coefficient (Wildman–Crippen LogP) is 2.62. The number of hydrogen-bond donors (Lipinski definition) is 2. The summed E-state index contributed by atoms with van der Waals surface area (Å²) in [7, 11) is 1.61. The van der Waals surface area contributed by atoms with Crippen molar-refractivity contribution in [1.82, 2.24) is 19.9 Å². The zero-order valence-corrected chi connectivity index (χ0v) is 18.2. The molecule has 2 N–H and O–H groups in total. The lowest BCUT2D eigenvalue weighted by molar-refractivity contribution is 0.0293. The molecule has 8 heteroatoms. The van der Waals surface area contributed by atoms with Gasteiger partial charge in [0, 0.05) is 44.5 Å². The summed E-state index contributed by atoms with van der Waals surface area (Å²) >= 11 is 0. The zero-order chi connectivity index (χ0) is 21.9. The topological polar surface area (TPSA) is 86.6 Å². The van der Waals surface area contributed by atoms with E-state index in [0.29, 0.717) is 18.1 Å². The quantitative estimate of drug-likeness (QED) is 0.636. The van der Waals surface area contributed by atoms with Crippen LogP contribution in [-0.2, 0) is 13.0 Å². The van der Waals surface area contributed by atoms with Crippen LogP contribution in [0.4, 0.5) is 17.3 Å². The fourth-order valence-electron chi connectivity index (χ4n) is 4.73. The van der Waals surface area contributed by atoms with E-state index < -0.39 is 6.10 Å². The molecular formula is C24H28N6O2. The SMILES string of the molecule is COc1cnccc1Nc1cc(N2CC[C@@H](N3CCc4ccccc4C3)[C@H](O)C2)ncn1. The Morgan fingerprint density at radius 3 is 2.84 bits per heavy atom. The first kappa shape index (κ1) is 20.7. The summed E-state index contributed by atoms with van der Waals surface area (Å²) in [6.45, 7) is 3.30. The number of β-amino-alcohol motifs (C(OH)–C–C–N with tert-alkyl or cyclic N) is 1. The third-order valence-corrected chi connectivity index (χ3v) is 6.42. The van der Waals surface area contributed by atoms with Gasteiger partial charge in [-0.25, -0.2) is 9.97 Å². The average Bonchev–Trinajstić information content (AvgIpc) is 2.84. The van der Waals surface area contributed by atoms with Gasteiger partial charge in [0.1, 0.15) is 18.0 Å². The Morgan fingerprint density at radius 1 is 1.12 bits per heavy atom. The Hall–Kier alpha value is -3.23. The molecule has 32 heavy (non-hydrogen) atoms. The number of methoxy groups -OCH3 is 1. The van der Waals surface area contributed by atoms with E-state index in [-0.39, 0.29) is 6.04 Å². The highest BCUT2D eigenvalue weighted by Gasteiger charge is 2.34. The van der Waals surface area contributed by atoms with Crippen LogP contribution in [0.15, 0.2) is 55.1 Å². The summed E-state index contributed by atoms with van der Waals surface area (Å²) < 4.78 is 5.35. The number of fused-ring (bicyclic) bond motifs is 1. The molecule has 0 bridgehead atoms. The third kappa shape index (κ3) is 4.24. The van der Waals surface area contributed by atoms with Crippen molar-refractivity contribution in [3.63, 3.8) is 0 Å². The summed E-state index contributed by atoms with van der Waals surface area (Å²) in [5.41, 5.74) is 3.60. The minimum Gasteiger partial charge on any atom is -0.493 e. The van der Waals surface area contributed by atoms with E-state index in [1.54, 1.807) is 25.8 Å². The molecule has 1 saturated heterocycles. The molecule has 0 spiro atoms. The van der Waals surface area contributed by atoms with Crippen LogP contribution in [0, 0.1) is 0 Å². The summed E-state index contributed by atoms with van der Waals surface area (Å²) in [4.78, 5) is 17.4. The van der Waals surface area contributed by atoms with Crippen molar-refractivity contribution < 1.29 is 9.84 Å². The molecule has 0 saturated carbocycles. The number of benzene rings is 1. The van der Waals surface area contributed by atoms with Crippen LogP contribution in [0.2, 0.25) is 0 Å². The molecule has 4 heterocycles. The van der Waals surface area contributed by atoms with E-state index in [0.717, 1.165) is 44.0 Å². The summed E-state index contributed by atoms with van der Waals surface area (Å²) in [6.07, 6.45) is 6.42. The molecule has 2 aliphatic rings. The van der Waals surface area contributed by atoms with E-state index in [2.05, 4.69) is 54.3 Å². The van der Waals surface area contributed by atoms with Gasteiger partial charge in [0.05, 0.1) is 25.1 Å². The van der Waals surface area contributed by atoms with Crippen molar-refractivity contribution in [2.24, 2.45) is 0 Å². The van der Waals surface area contributed by atoms with Crippen molar-refractivity contribution in [1.29, 1.82) is 0 Å². The molecule has 1 fully saturated rings. The first-order valence-electron chi connectivity index (χ1n) is 11.0. The van der Waals surface area contributed by atoms with Gasteiger partial charge in [-0.2, -0.15) is 0 Å². The maximum absolute atomic E-state index is 11.0. The third-order valence-electron chi connectivity index (χ3n) is 6.42. The maximum Gasteiger partial charge on any atom is 0.160 e. The van der Waals surface area contributed by atoms with Gasteiger partial charge in [-0.3, -0.25) is 9.88 Å². The largest absolute Gasteiger partial charge is 0.493 e. The number of rotatable bonds is 5. The van der Waals surface area contributed by atoms with Crippen molar-refractivity contribution in [3.05, 3.63) is 66.2 Å². The van der Waals surface area contributed by atoms with E-state index in [1.165, 1.54) is 11.1 Å². The number of nitrogens with zero attached hydrogens (tertiary/aromatic N) is 5. The number of anilines is 3. The smallest absolute Gasteiger partial charge is 0.160 e. The summed E-state index contributed by atoms with van der Waals surface area (Å²) in [5.74, 6) is 2.12. The van der Waals surface area contributed by atoms with Gasteiger partial charge in [-0.15, -0.1) is 0 Å². The molecule has 166 valence electrons. The molecule has 2 aromatic heterocycles. The van der Waals surface area contributed by atoms with Gasteiger partial charge in [0.2, 0.25) is 0 Å². The summed E-state index contributed by atoms with van der Waals surface area (Å²) in [6, 6.07) is 12.5. The van der Waals surface area contributed by atoms with Crippen molar-refractivity contribution in [3.8, 4) is 5.75 Å². The number of piperidine rings is 1. The molecule has 0 aliphatic carbocycles. The Labute approximate surface area is 187 Å². The van der Waals surface area contributed by atoms with Crippen molar-refractivity contribution in [2.75, 3.05) is 37.0 Å². The Balaban J connectivity index is 1.25. The number of aliphatic hydroxyl groups is 1. The fraction of sp³-hybridized carbons (Fsp3) is 0.375. The van der Waals surface area contributed by atoms with Gasteiger partial charge >= 0.3 is 0 Å². The minimum atomic E-state index is -0.430. The minimum absolute atomic E-state index is 0.167. The van der Waals surface area contributed by atoms with E-state index >= 15 is 0 Å². The normalized spacial score (nSPS) is 21.1. The van der Waals surface area contributed by atoms with Gasteiger partial charge in [-0.05, 0) is 30.0 Å².